The quantitative estimate of drug-likeness (QED) is 0.916. The van der Waals surface area contributed by atoms with E-state index in [-0.39, 0.29) is 11.9 Å². The van der Waals surface area contributed by atoms with Crippen LogP contribution < -0.4 is 5.32 Å². The summed E-state index contributed by atoms with van der Waals surface area (Å²) in [6, 6.07) is 4.54. The van der Waals surface area contributed by atoms with Crippen LogP contribution in [0.1, 0.15) is 24.2 Å². The monoisotopic (exact) mass is 283 g/mol. The molecule has 6 heteroatoms. The van der Waals surface area contributed by atoms with Crippen molar-refractivity contribution >= 4 is 11.6 Å². The third kappa shape index (κ3) is 3.75. The van der Waals surface area contributed by atoms with Crippen LogP contribution in [0.5, 0.6) is 0 Å². The number of hydrogen-bond donors (Lipinski definition) is 1. The van der Waals surface area contributed by atoms with Gasteiger partial charge in [-0.1, -0.05) is 22.8 Å². The zero-order valence-corrected chi connectivity index (χ0v) is 11.5. The van der Waals surface area contributed by atoms with Gasteiger partial charge in [-0.15, -0.1) is 0 Å². The maximum Gasteiger partial charge on any atom is 0.228 e. The molecule has 0 saturated heterocycles. The Morgan fingerprint density at radius 2 is 2.26 bits per heavy atom. The Balaban J connectivity index is 2.07. The van der Waals surface area contributed by atoms with Crippen LogP contribution >= 0.6 is 11.6 Å². The maximum absolute atomic E-state index is 12.9. The van der Waals surface area contributed by atoms with E-state index in [1.54, 1.807) is 6.07 Å². The third-order valence-electron chi connectivity index (χ3n) is 2.85. The van der Waals surface area contributed by atoms with Crippen molar-refractivity contribution in [1.82, 2.24) is 15.5 Å². The normalized spacial score (nSPS) is 12.6. The second-order valence-corrected chi connectivity index (χ2v) is 4.82. The SMILES string of the molecule is CNC(C)Cc1nc(Cc2ccc(F)cc2Cl)no1. The zero-order valence-electron chi connectivity index (χ0n) is 10.8. The van der Waals surface area contributed by atoms with E-state index in [0.29, 0.717) is 29.6 Å². The molecule has 1 atom stereocenters. The maximum atomic E-state index is 12.9. The van der Waals surface area contributed by atoms with Crippen LogP contribution in [0.2, 0.25) is 5.02 Å². The van der Waals surface area contributed by atoms with Crippen LogP contribution in [0, 0.1) is 5.82 Å². The van der Waals surface area contributed by atoms with E-state index in [9.17, 15) is 4.39 Å². The number of hydrogen-bond acceptors (Lipinski definition) is 4. The van der Waals surface area contributed by atoms with Crippen molar-refractivity contribution in [3.63, 3.8) is 0 Å². The number of aromatic nitrogens is 2. The van der Waals surface area contributed by atoms with Crippen molar-refractivity contribution < 1.29 is 8.91 Å². The lowest BCUT2D eigenvalue weighted by Gasteiger charge is -2.04. The lowest BCUT2D eigenvalue weighted by Crippen LogP contribution is -2.23. The van der Waals surface area contributed by atoms with Gasteiger partial charge in [-0.05, 0) is 31.7 Å². The second-order valence-electron chi connectivity index (χ2n) is 4.41. The highest BCUT2D eigenvalue weighted by molar-refractivity contribution is 6.31. The summed E-state index contributed by atoms with van der Waals surface area (Å²) in [7, 11) is 1.88. The summed E-state index contributed by atoms with van der Waals surface area (Å²) < 4.78 is 18.1. The number of likely N-dealkylation sites (N-methyl/N-ethyl adjacent to an activating group) is 1. The fourth-order valence-electron chi connectivity index (χ4n) is 1.64. The van der Waals surface area contributed by atoms with Crippen LogP contribution in [-0.4, -0.2) is 23.2 Å². The molecule has 0 spiro atoms. The van der Waals surface area contributed by atoms with Gasteiger partial charge in [-0.25, -0.2) is 4.39 Å². The van der Waals surface area contributed by atoms with Gasteiger partial charge in [-0.3, -0.25) is 0 Å². The van der Waals surface area contributed by atoms with Crippen LogP contribution in [-0.2, 0) is 12.8 Å². The van der Waals surface area contributed by atoms with Crippen molar-refractivity contribution in [3.05, 3.63) is 46.3 Å². The van der Waals surface area contributed by atoms with Crippen molar-refractivity contribution in [1.29, 1.82) is 0 Å². The molecule has 1 aromatic carbocycles. The Bertz CT molecular complexity index is 559. The molecule has 0 amide bonds. The average molecular weight is 284 g/mol. The van der Waals surface area contributed by atoms with Crippen molar-refractivity contribution in [3.8, 4) is 0 Å². The smallest absolute Gasteiger partial charge is 0.228 e. The molecule has 1 heterocycles. The summed E-state index contributed by atoms with van der Waals surface area (Å²) in [5.41, 5.74) is 0.775. The van der Waals surface area contributed by atoms with E-state index >= 15 is 0 Å². The van der Waals surface area contributed by atoms with Crippen LogP contribution in [0.25, 0.3) is 0 Å². The van der Waals surface area contributed by atoms with Gasteiger partial charge in [-0.2, -0.15) is 4.98 Å². The largest absolute Gasteiger partial charge is 0.339 e. The topological polar surface area (TPSA) is 51.0 Å². The highest BCUT2D eigenvalue weighted by Crippen LogP contribution is 2.19. The van der Waals surface area contributed by atoms with Gasteiger partial charge in [0.25, 0.3) is 0 Å². The van der Waals surface area contributed by atoms with E-state index in [0.717, 1.165) is 5.56 Å². The number of nitrogens with one attached hydrogen (secondary N) is 1. The first-order chi connectivity index (χ1) is 9.08. The Morgan fingerprint density at radius 3 is 2.95 bits per heavy atom. The summed E-state index contributed by atoms with van der Waals surface area (Å²) in [5, 5.41) is 7.36. The zero-order chi connectivity index (χ0) is 13.8. The fourth-order valence-corrected chi connectivity index (χ4v) is 1.88. The third-order valence-corrected chi connectivity index (χ3v) is 3.20. The van der Waals surface area contributed by atoms with Crippen LogP contribution in [0.4, 0.5) is 4.39 Å². The van der Waals surface area contributed by atoms with Gasteiger partial charge in [0.15, 0.2) is 5.82 Å². The first-order valence-corrected chi connectivity index (χ1v) is 6.39. The predicted octanol–water partition coefficient (Wildman–Crippen LogP) is 2.60. The standard InChI is InChI=1S/C13H15ClFN3O/c1-8(16-2)5-13-17-12(18-19-13)6-9-3-4-10(15)7-11(9)14/h3-4,7-8,16H,5-6H2,1-2H3. The summed E-state index contributed by atoms with van der Waals surface area (Å²) in [6.45, 7) is 2.03. The van der Waals surface area contributed by atoms with Crippen LogP contribution in [0.15, 0.2) is 22.7 Å². The molecule has 0 radical (unpaired) electrons. The predicted molar refractivity (Wildman–Crippen MR) is 70.7 cm³/mol. The van der Waals surface area contributed by atoms with Gasteiger partial charge in [0.1, 0.15) is 5.82 Å². The molecule has 0 saturated carbocycles. The minimum absolute atomic E-state index is 0.266. The lowest BCUT2D eigenvalue weighted by molar-refractivity contribution is 0.361. The Morgan fingerprint density at radius 1 is 1.47 bits per heavy atom. The molecule has 19 heavy (non-hydrogen) atoms. The van der Waals surface area contributed by atoms with Gasteiger partial charge < -0.3 is 9.84 Å². The number of benzene rings is 1. The highest BCUT2D eigenvalue weighted by Gasteiger charge is 2.11. The van der Waals surface area contributed by atoms with Gasteiger partial charge in [0, 0.05) is 23.9 Å². The summed E-state index contributed by atoms with van der Waals surface area (Å²) in [4.78, 5) is 4.29. The molecule has 0 bridgehead atoms. The highest BCUT2D eigenvalue weighted by atomic mass is 35.5. The van der Waals surface area contributed by atoms with Crippen molar-refractivity contribution in [2.45, 2.75) is 25.8 Å². The Kier molecular flexibility index (Phi) is 4.50. The van der Waals surface area contributed by atoms with Gasteiger partial charge >= 0.3 is 0 Å². The summed E-state index contributed by atoms with van der Waals surface area (Å²) >= 11 is 5.96. The number of halogens is 2. The van der Waals surface area contributed by atoms with E-state index in [1.165, 1.54) is 12.1 Å². The van der Waals surface area contributed by atoms with Crippen LogP contribution in [0.3, 0.4) is 0 Å². The molecule has 2 aromatic rings. The molecule has 4 nitrogen and oxygen atoms in total. The number of nitrogens with zero attached hydrogens (tertiary/aromatic N) is 2. The van der Waals surface area contributed by atoms with Gasteiger partial charge in [0.05, 0.1) is 0 Å². The minimum atomic E-state index is -0.356. The summed E-state index contributed by atoms with van der Waals surface area (Å²) in [6.07, 6.45) is 1.09. The molecule has 0 fully saturated rings. The minimum Gasteiger partial charge on any atom is -0.339 e. The van der Waals surface area contributed by atoms with Gasteiger partial charge in [0.2, 0.25) is 5.89 Å². The Hall–Kier alpha value is -1.46. The molecule has 0 aliphatic rings. The second kappa shape index (κ2) is 6.12. The molecule has 102 valence electrons. The lowest BCUT2D eigenvalue weighted by atomic mass is 10.1. The fraction of sp³-hybridized carbons (Fsp3) is 0.385. The molecule has 2 rings (SSSR count). The Labute approximate surface area is 116 Å². The molecule has 0 aliphatic heterocycles. The molecule has 1 N–H and O–H groups in total. The summed E-state index contributed by atoms with van der Waals surface area (Å²) in [5.74, 6) is 0.771. The van der Waals surface area contributed by atoms with Crippen molar-refractivity contribution in [2.75, 3.05) is 7.05 Å². The molecule has 1 unspecified atom stereocenters. The van der Waals surface area contributed by atoms with E-state index in [1.807, 2.05) is 14.0 Å². The number of rotatable bonds is 5. The molecule has 0 aliphatic carbocycles. The van der Waals surface area contributed by atoms with E-state index < -0.39 is 0 Å². The first-order valence-electron chi connectivity index (χ1n) is 6.01. The molecule has 1 aromatic heterocycles. The van der Waals surface area contributed by atoms with Crippen molar-refractivity contribution in [2.24, 2.45) is 0 Å². The van der Waals surface area contributed by atoms with E-state index in [2.05, 4.69) is 15.5 Å². The molecular formula is C13H15ClFN3O. The molecular weight excluding hydrogens is 269 g/mol. The van der Waals surface area contributed by atoms with E-state index in [4.69, 9.17) is 16.1 Å². The first kappa shape index (κ1) is 14.0. The average Bonchev–Trinajstić information content (AvgIpc) is 2.80.